The highest BCUT2D eigenvalue weighted by atomic mass is 35.5. The van der Waals surface area contributed by atoms with Crippen molar-refractivity contribution in [2.75, 3.05) is 27.0 Å². The zero-order chi connectivity index (χ0) is 19.3. The molecule has 2 aromatic carbocycles. The molecule has 2 N–H and O–H groups in total. The van der Waals surface area contributed by atoms with Gasteiger partial charge in [-0.2, -0.15) is 0 Å². The van der Waals surface area contributed by atoms with E-state index in [0.717, 1.165) is 11.1 Å². The molecule has 2 aromatic rings. The summed E-state index contributed by atoms with van der Waals surface area (Å²) in [5.41, 5.74) is 1.91. The molecule has 26 heavy (non-hydrogen) atoms. The molecule has 0 aromatic heterocycles. The number of hydrogen-bond acceptors (Lipinski definition) is 5. The van der Waals surface area contributed by atoms with E-state index in [1.54, 1.807) is 25.3 Å². The first-order valence-corrected chi connectivity index (χ1v) is 10.6. The summed E-state index contributed by atoms with van der Waals surface area (Å²) in [5, 5.41) is 4.54. The van der Waals surface area contributed by atoms with Crippen LogP contribution < -0.4 is 14.8 Å². The summed E-state index contributed by atoms with van der Waals surface area (Å²) in [6, 6.07) is 8.84. The summed E-state index contributed by atoms with van der Waals surface area (Å²) in [5.74, 6) is 1.03. The summed E-state index contributed by atoms with van der Waals surface area (Å²) in [6.45, 7) is 1.32. The molecule has 1 atom stereocenters. The van der Waals surface area contributed by atoms with Gasteiger partial charge in [-0.3, -0.25) is 0 Å². The van der Waals surface area contributed by atoms with Crippen LogP contribution in [0.4, 0.5) is 0 Å². The molecule has 2 rings (SSSR count). The molecule has 5 nitrogen and oxygen atoms in total. The Morgan fingerprint density at radius 2 is 1.65 bits per heavy atom. The summed E-state index contributed by atoms with van der Waals surface area (Å²) in [7, 11) is 0.145. The van der Waals surface area contributed by atoms with E-state index < -0.39 is 9.73 Å². The Morgan fingerprint density at radius 3 is 2.19 bits per heavy atom. The van der Waals surface area contributed by atoms with E-state index >= 15 is 0 Å². The van der Waals surface area contributed by atoms with Crippen molar-refractivity contribution >= 4 is 32.9 Å². The van der Waals surface area contributed by atoms with Crippen LogP contribution in [-0.4, -0.2) is 31.2 Å². The van der Waals surface area contributed by atoms with Gasteiger partial charge < -0.3 is 14.8 Å². The van der Waals surface area contributed by atoms with Crippen molar-refractivity contribution in [3.63, 3.8) is 0 Å². The lowest BCUT2D eigenvalue weighted by Gasteiger charge is -2.15. The second kappa shape index (κ2) is 8.95. The molecule has 0 unspecified atom stereocenters. The maximum atomic E-state index is 12.1. The van der Waals surface area contributed by atoms with Crippen molar-refractivity contribution in [2.24, 2.45) is 0 Å². The summed E-state index contributed by atoms with van der Waals surface area (Å²) in [6.07, 6.45) is 2.04. The topological polar surface area (TPSA) is 71.4 Å². The van der Waals surface area contributed by atoms with Gasteiger partial charge in [-0.05, 0) is 48.4 Å². The number of benzene rings is 2. The Balaban J connectivity index is 2.09. The molecular formula is C18H22Cl2N2O3S. The molecule has 8 heteroatoms. The van der Waals surface area contributed by atoms with Crippen LogP contribution >= 0.6 is 23.2 Å². The van der Waals surface area contributed by atoms with Gasteiger partial charge in [0.05, 0.1) is 28.8 Å². The van der Waals surface area contributed by atoms with Crippen molar-refractivity contribution < 1.29 is 13.7 Å². The van der Waals surface area contributed by atoms with Crippen molar-refractivity contribution in [1.29, 1.82) is 4.78 Å². The first-order chi connectivity index (χ1) is 12.2. The Hall–Kier alpha value is -1.47. The van der Waals surface area contributed by atoms with E-state index in [1.165, 1.54) is 13.4 Å². The Bertz CT molecular complexity index is 866. The van der Waals surface area contributed by atoms with E-state index in [9.17, 15) is 4.21 Å². The number of halogens is 2. The molecule has 0 saturated carbocycles. The molecule has 0 aliphatic rings. The van der Waals surface area contributed by atoms with Gasteiger partial charge in [-0.1, -0.05) is 23.2 Å². The molecule has 0 spiro atoms. The Kier molecular flexibility index (Phi) is 7.17. The number of rotatable bonds is 8. The number of methoxy groups -OCH3 is 2. The number of ether oxygens (including phenoxy) is 2. The first kappa shape index (κ1) is 20.8. The monoisotopic (exact) mass is 416 g/mol. The minimum Gasteiger partial charge on any atom is -0.496 e. The van der Waals surface area contributed by atoms with Crippen LogP contribution in [0.1, 0.15) is 11.1 Å². The standard InChI is InChI=1S/C18H22Cl2N2O3S/c1-24-16-10-18(26(3,21)23)17(25-2)8-13(16)4-5-22-11-12-6-14(19)9-15(20)7-12/h6-10,21-22H,4-5,11H2,1-3H3/t26-/m0/s1. The zero-order valence-corrected chi connectivity index (χ0v) is 17.2. The molecule has 0 amide bonds. The molecule has 0 saturated heterocycles. The SMILES string of the molecule is COc1cc([S@@](C)(=N)=O)c(OC)cc1CCNCc1cc(Cl)cc(Cl)c1. The van der Waals surface area contributed by atoms with E-state index in [4.69, 9.17) is 37.5 Å². The number of nitrogens with one attached hydrogen (secondary N) is 2. The van der Waals surface area contributed by atoms with Gasteiger partial charge in [0.1, 0.15) is 11.5 Å². The van der Waals surface area contributed by atoms with Gasteiger partial charge in [0.2, 0.25) is 0 Å². The average molecular weight is 417 g/mol. The highest BCUT2D eigenvalue weighted by molar-refractivity contribution is 7.91. The third-order valence-corrected chi connectivity index (χ3v) is 5.40. The van der Waals surface area contributed by atoms with Gasteiger partial charge >= 0.3 is 0 Å². The van der Waals surface area contributed by atoms with Gasteiger partial charge in [0, 0.05) is 28.9 Å². The van der Waals surface area contributed by atoms with E-state index in [1.807, 2.05) is 12.1 Å². The van der Waals surface area contributed by atoms with Crippen LogP contribution in [-0.2, 0) is 22.7 Å². The fourth-order valence-corrected chi connectivity index (χ4v) is 4.03. The normalized spacial score (nSPS) is 13.3. The highest BCUT2D eigenvalue weighted by Gasteiger charge is 2.16. The molecule has 0 fully saturated rings. The first-order valence-electron chi connectivity index (χ1n) is 7.89. The van der Waals surface area contributed by atoms with Gasteiger partial charge in [0.25, 0.3) is 0 Å². The molecule has 0 aliphatic heterocycles. The van der Waals surface area contributed by atoms with Gasteiger partial charge in [0.15, 0.2) is 0 Å². The van der Waals surface area contributed by atoms with Crippen LogP contribution in [0.5, 0.6) is 11.5 Å². The lowest BCUT2D eigenvalue weighted by molar-refractivity contribution is 0.389. The van der Waals surface area contributed by atoms with Gasteiger partial charge in [-0.25, -0.2) is 8.99 Å². The molecular weight excluding hydrogens is 395 g/mol. The smallest absolute Gasteiger partial charge is 0.136 e. The van der Waals surface area contributed by atoms with Crippen LogP contribution in [0.25, 0.3) is 0 Å². The van der Waals surface area contributed by atoms with Crippen LogP contribution in [0, 0.1) is 4.78 Å². The van der Waals surface area contributed by atoms with Crippen molar-refractivity contribution in [1.82, 2.24) is 5.32 Å². The van der Waals surface area contributed by atoms with Crippen LogP contribution in [0.15, 0.2) is 35.2 Å². The minimum absolute atomic E-state index is 0.335. The van der Waals surface area contributed by atoms with E-state index in [0.29, 0.717) is 46.0 Å². The third kappa shape index (κ3) is 5.51. The second-order valence-electron chi connectivity index (χ2n) is 5.86. The zero-order valence-electron chi connectivity index (χ0n) is 14.9. The van der Waals surface area contributed by atoms with Crippen molar-refractivity contribution in [3.8, 4) is 11.5 Å². The number of hydrogen-bond donors (Lipinski definition) is 2. The van der Waals surface area contributed by atoms with Crippen molar-refractivity contribution in [2.45, 2.75) is 17.9 Å². The summed E-state index contributed by atoms with van der Waals surface area (Å²) >= 11 is 12.0. The summed E-state index contributed by atoms with van der Waals surface area (Å²) in [4.78, 5) is 0.335. The maximum Gasteiger partial charge on any atom is 0.136 e. The second-order valence-corrected chi connectivity index (χ2v) is 8.86. The molecule has 0 radical (unpaired) electrons. The molecule has 142 valence electrons. The molecule has 0 heterocycles. The summed E-state index contributed by atoms with van der Waals surface area (Å²) < 4.78 is 30.6. The minimum atomic E-state index is -2.91. The van der Waals surface area contributed by atoms with Gasteiger partial charge in [-0.15, -0.1) is 0 Å². The van der Waals surface area contributed by atoms with E-state index in [2.05, 4.69) is 5.32 Å². The molecule has 0 bridgehead atoms. The van der Waals surface area contributed by atoms with Crippen LogP contribution in [0.2, 0.25) is 10.0 Å². The quantitative estimate of drug-likeness (QED) is 0.626. The average Bonchev–Trinajstić information content (AvgIpc) is 2.56. The van der Waals surface area contributed by atoms with Crippen molar-refractivity contribution in [3.05, 3.63) is 51.5 Å². The molecule has 0 aliphatic carbocycles. The largest absolute Gasteiger partial charge is 0.496 e. The van der Waals surface area contributed by atoms with Crippen LogP contribution in [0.3, 0.4) is 0 Å². The highest BCUT2D eigenvalue weighted by Crippen LogP contribution is 2.32. The Morgan fingerprint density at radius 1 is 1.04 bits per heavy atom. The lowest BCUT2D eigenvalue weighted by atomic mass is 10.1. The van der Waals surface area contributed by atoms with E-state index in [-0.39, 0.29) is 0 Å². The third-order valence-electron chi connectivity index (χ3n) is 3.81. The predicted molar refractivity (Wildman–Crippen MR) is 106 cm³/mol. The fourth-order valence-electron chi connectivity index (χ4n) is 2.60. The lowest BCUT2D eigenvalue weighted by Crippen LogP contribution is -2.17. The fraction of sp³-hybridized carbons (Fsp3) is 0.333. The maximum absolute atomic E-state index is 12.1. The Labute approximate surface area is 164 Å². The predicted octanol–water partition coefficient (Wildman–Crippen LogP) is 4.38.